The summed E-state index contributed by atoms with van der Waals surface area (Å²) in [6.45, 7) is 0. The SMILES string of the molecule is Fc1c[c]cc(Oc2cccc(F)c2)c1. The molecule has 75 valence electrons. The quantitative estimate of drug-likeness (QED) is 0.728. The average Bonchev–Trinajstić information content (AvgIpc) is 2.17. The lowest BCUT2D eigenvalue weighted by Crippen LogP contribution is -1.85. The first-order valence-corrected chi connectivity index (χ1v) is 4.34. The summed E-state index contributed by atoms with van der Waals surface area (Å²) in [6, 6.07) is 12.1. The third-order valence-corrected chi connectivity index (χ3v) is 1.76. The van der Waals surface area contributed by atoms with Gasteiger partial charge in [-0.2, -0.15) is 0 Å². The second-order valence-electron chi connectivity index (χ2n) is 2.95. The van der Waals surface area contributed by atoms with E-state index in [1.807, 2.05) is 0 Å². The third kappa shape index (κ3) is 2.53. The first-order chi connectivity index (χ1) is 7.24. The smallest absolute Gasteiger partial charge is 0.130 e. The normalized spacial score (nSPS) is 10.0. The van der Waals surface area contributed by atoms with E-state index in [-0.39, 0.29) is 0 Å². The van der Waals surface area contributed by atoms with Crippen LogP contribution in [0.25, 0.3) is 0 Å². The van der Waals surface area contributed by atoms with Crippen LogP contribution in [0.15, 0.2) is 42.5 Å². The first kappa shape index (κ1) is 9.65. The molecule has 0 heterocycles. The van der Waals surface area contributed by atoms with E-state index in [1.165, 1.54) is 36.4 Å². The Morgan fingerprint density at radius 2 is 1.73 bits per heavy atom. The molecule has 0 saturated carbocycles. The highest BCUT2D eigenvalue weighted by molar-refractivity contribution is 5.30. The molecular formula is C12H7F2O. The maximum absolute atomic E-state index is 12.8. The number of hydrogen-bond donors (Lipinski definition) is 0. The topological polar surface area (TPSA) is 9.23 Å². The molecule has 0 aromatic heterocycles. The Morgan fingerprint density at radius 3 is 2.47 bits per heavy atom. The first-order valence-electron chi connectivity index (χ1n) is 4.34. The van der Waals surface area contributed by atoms with Crippen molar-refractivity contribution in [1.82, 2.24) is 0 Å². The molecule has 0 aliphatic rings. The number of ether oxygens (including phenoxy) is 1. The molecule has 0 unspecified atom stereocenters. The summed E-state index contributed by atoms with van der Waals surface area (Å²) in [4.78, 5) is 0. The van der Waals surface area contributed by atoms with Gasteiger partial charge >= 0.3 is 0 Å². The number of rotatable bonds is 2. The van der Waals surface area contributed by atoms with Crippen molar-refractivity contribution in [2.45, 2.75) is 0 Å². The van der Waals surface area contributed by atoms with Gasteiger partial charge in [-0.15, -0.1) is 0 Å². The molecule has 0 bridgehead atoms. The van der Waals surface area contributed by atoms with Crippen molar-refractivity contribution < 1.29 is 13.5 Å². The molecule has 3 heteroatoms. The Kier molecular flexibility index (Phi) is 2.63. The third-order valence-electron chi connectivity index (χ3n) is 1.76. The summed E-state index contributed by atoms with van der Waals surface area (Å²) >= 11 is 0. The second kappa shape index (κ2) is 4.09. The lowest BCUT2D eigenvalue weighted by atomic mass is 10.3. The molecule has 1 radical (unpaired) electrons. The lowest BCUT2D eigenvalue weighted by Gasteiger charge is -2.04. The van der Waals surface area contributed by atoms with Gasteiger partial charge in [0.15, 0.2) is 0 Å². The minimum absolute atomic E-state index is 0.292. The highest BCUT2D eigenvalue weighted by Gasteiger charge is 1.99. The summed E-state index contributed by atoms with van der Waals surface area (Å²) in [5.41, 5.74) is 0. The molecule has 0 atom stereocenters. The van der Waals surface area contributed by atoms with Gasteiger partial charge in [0.2, 0.25) is 0 Å². The lowest BCUT2D eigenvalue weighted by molar-refractivity contribution is 0.471. The molecule has 0 spiro atoms. The van der Waals surface area contributed by atoms with Crippen molar-refractivity contribution in [2.24, 2.45) is 0 Å². The van der Waals surface area contributed by atoms with Gasteiger partial charge in [-0.1, -0.05) is 6.07 Å². The van der Waals surface area contributed by atoms with Gasteiger partial charge in [-0.05, 0) is 30.3 Å². The van der Waals surface area contributed by atoms with E-state index >= 15 is 0 Å². The minimum Gasteiger partial charge on any atom is -0.457 e. The fourth-order valence-corrected chi connectivity index (χ4v) is 1.15. The summed E-state index contributed by atoms with van der Waals surface area (Å²) in [7, 11) is 0. The molecule has 1 nitrogen and oxygen atoms in total. The molecule has 2 rings (SSSR count). The number of halogens is 2. The average molecular weight is 205 g/mol. The molecule has 15 heavy (non-hydrogen) atoms. The van der Waals surface area contributed by atoms with Gasteiger partial charge in [0.05, 0.1) is 0 Å². The zero-order valence-corrected chi connectivity index (χ0v) is 7.71. The largest absolute Gasteiger partial charge is 0.457 e. The highest BCUT2D eigenvalue weighted by Crippen LogP contribution is 2.21. The Labute approximate surface area is 85.9 Å². The highest BCUT2D eigenvalue weighted by atomic mass is 19.1. The molecule has 0 N–H and O–H groups in total. The zero-order chi connectivity index (χ0) is 10.7. The van der Waals surface area contributed by atoms with Gasteiger partial charge < -0.3 is 4.74 Å². The Bertz CT molecular complexity index is 425. The van der Waals surface area contributed by atoms with Crippen molar-refractivity contribution in [3.05, 3.63) is 60.2 Å². The molecule has 0 aliphatic carbocycles. The monoisotopic (exact) mass is 205 g/mol. The summed E-state index contributed by atoms with van der Waals surface area (Å²) in [5, 5.41) is 0. The summed E-state index contributed by atoms with van der Waals surface area (Å²) < 4.78 is 30.8. The fourth-order valence-electron chi connectivity index (χ4n) is 1.15. The van der Waals surface area contributed by atoms with E-state index in [0.29, 0.717) is 11.5 Å². The van der Waals surface area contributed by atoms with E-state index < -0.39 is 11.6 Å². The second-order valence-corrected chi connectivity index (χ2v) is 2.95. The van der Waals surface area contributed by atoms with Crippen molar-refractivity contribution in [3.63, 3.8) is 0 Å². The van der Waals surface area contributed by atoms with E-state index in [9.17, 15) is 8.78 Å². The molecular weight excluding hydrogens is 198 g/mol. The molecule has 2 aromatic rings. The van der Waals surface area contributed by atoms with Crippen LogP contribution < -0.4 is 4.74 Å². The minimum atomic E-state index is -0.441. The van der Waals surface area contributed by atoms with Gasteiger partial charge in [-0.25, -0.2) is 8.78 Å². The van der Waals surface area contributed by atoms with Gasteiger partial charge in [-0.3, -0.25) is 0 Å². The van der Waals surface area contributed by atoms with Crippen LogP contribution in [0.2, 0.25) is 0 Å². The van der Waals surface area contributed by atoms with E-state index in [0.717, 1.165) is 0 Å². The number of hydrogen-bond acceptors (Lipinski definition) is 1. The summed E-state index contributed by atoms with van der Waals surface area (Å²) in [5.74, 6) is -0.216. The van der Waals surface area contributed by atoms with Crippen LogP contribution in [0.1, 0.15) is 0 Å². The van der Waals surface area contributed by atoms with Gasteiger partial charge in [0, 0.05) is 12.1 Å². The van der Waals surface area contributed by atoms with Crippen LogP contribution in [0.3, 0.4) is 0 Å². The van der Waals surface area contributed by atoms with Crippen molar-refractivity contribution >= 4 is 0 Å². The molecule has 0 saturated heterocycles. The predicted molar refractivity (Wildman–Crippen MR) is 51.7 cm³/mol. The zero-order valence-electron chi connectivity index (χ0n) is 7.71. The maximum Gasteiger partial charge on any atom is 0.130 e. The van der Waals surface area contributed by atoms with Crippen LogP contribution in [-0.4, -0.2) is 0 Å². The Hall–Kier alpha value is -1.90. The van der Waals surface area contributed by atoms with Gasteiger partial charge in [0.1, 0.15) is 23.1 Å². The van der Waals surface area contributed by atoms with Crippen LogP contribution in [0.5, 0.6) is 11.5 Å². The number of benzene rings is 2. The van der Waals surface area contributed by atoms with Crippen molar-refractivity contribution in [3.8, 4) is 11.5 Å². The van der Waals surface area contributed by atoms with Crippen molar-refractivity contribution in [2.75, 3.05) is 0 Å². The fraction of sp³-hybridized carbons (Fsp3) is 0. The molecule has 2 aromatic carbocycles. The van der Waals surface area contributed by atoms with Gasteiger partial charge in [0.25, 0.3) is 0 Å². The standard InChI is InChI=1S/C12H7F2O/c13-9-3-1-5-11(7-9)15-12-6-2-4-10(14)8-12/h1,3-8H. The van der Waals surface area contributed by atoms with Crippen LogP contribution in [0, 0.1) is 17.7 Å². The Balaban J connectivity index is 2.22. The van der Waals surface area contributed by atoms with Crippen LogP contribution >= 0.6 is 0 Å². The van der Waals surface area contributed by atoms with Crippen molar-refractivity contribution in [1.29, 1.82) is 0 Å². The van der Waals surface area contributed by atoms with E-state index in [2.05, 4.69) is 6.07 Å². The van der Waals surface area contributed by atoms with Crippen LogP contribution in [-0.2, 0) is 0 Å². The van der Waals surface area contributed by atoms with Crippen LogP contribution in [0.4, 0.5) is 8.78 Å². The predicted octanol–water partition coefficient (Wildman–Crippen LogP) is 3.56. The molecule has 0 amide bonds. The van der Waals surface area contributed by atoms with E-state index in [1.54, 1.807) is 6.07 Å². The maximum atomic E-state index is 12.8. The molecule has 0 fully saturated rings. The molecule has 0 aliphatic heterocycles. The Morgan fingerprint density at radius 1 is 0.933 bits per heavy atom. The summed E-state index contributed by atoms with van der Waals surface area (Å²) in [6.07, 6.45) is 0. The van der Waals surface area contributed by atoms with E-state index in [4.69, 9.17) is 4.74 Å².